The Morgan fingerprint density at radius 2 is 1.85 bits per heavy atom. The summed E-state index contributed by atoms with van der Waals surface area (Å²) in [6.45, 7) is 7.47. The molecule has 1 aliphatic heterocycles. The van der Waals surface area contributed by atoms with Crippen molar-refractivity contribution in [3.63, 3.8) is 0 Å². The summed E-state index contributed by atoms with van der Waals surface area (Å²) in [7, 11) is 3.99. The Labute approximate surface area is 199 Å². The molecule has 0 spiro atoms. The first kappa shape index (κ1) is 22.0. The molecule has 2 aromatic heterocycles. The second-order valence-corrected chi connectivity index (χ2v) is 8.70. The highest BCUT2D eigenvalue weighted by molar-refractivity contribution is 5.97. The smallest absolute Gasteiger partial charge is 0.358 e. The van der Waals surface area contributed by atoms with Crippen LogP contribution in [0.2, 0.25) is 0 Å². The van der Waals surface area contributed by atoms with Crippen LogP contribution in [0.25, 0.3) is 10.9 Å². The lowest BCUT2D eigenvalue weighted by atomic mass is 9.79. The van der Waals surface area contributed by atoms with Gasteiger partial charge in [0.05, 0.1) is 6.61 Å². The van der Waals surface area contributed by atoms with E-state index < -0.39 is 11.6 Å². The molecule has 3 heterocycles. The molecule has 0 saturated heterocycles. The lowest BCUT2D eigenvalue weighted by Gasteiger charge is -2.32. The number of para-hydroxylation sites is 1. The van der Waals surface area contributed by atoms with Crippen LogP contribution in [0.15, 0.2) is 60.8 Å². The molecule has 34 heavy (non-hydrogen) atoms. The standard InChI is InChI=1S/C28H29N3O3/c1-6-31-18(3)25(20-11-8-9-13-23(20)31)28(22-12-10-16-29-26(22)27(32)34-28)21-15-14-19(30(4)5)17-24(21)33-7-2/h8-17H,6-7H2,1-5H3. The molecule has 0 N–H and O–H groups in total. The number of ether oxygens (including phenoxy) is 2. The Morgan fingerprint density at radius 3 is 2.59 bits per heavy atom. The zero-order valence-corrected chi connectivity index (χ0v) is 20.3. The molecule has 1 aliphatic rings. The van der Waals surface area contributed by atoms with E-state index in [1.807, 2.05) is 68.4 Å². The fourth-order valence-corrected chi connectivity index (χ4v) is 5.25. The molecule has 6 nitrogen and oxygen atoms in total. The third-order valence-corrected chi connectivity index (χ3v) is 6.69. The first-order valence-electron chi connectivity index (χ1n) is 11.7. The number of esters is 1. The Kier molecular flexibility index (Phi) is 5.31. The number of pyridine rings is 1. The van der Waals surface area contributed by atoms with Crippen molar-refractivity contribution in [2.45, 2.75) is 32.9 Å². The molecule has 5 rings (SSSR count). The van der Waals surface area contributed by atoms with Crippen molar-refractivity contribution in [3.05, 3.63) is 88.9 Å². The monoisotopic (exact) mass is 455 g/mol. The van der Waals surface area contributed by atoms with Crippen molar-refractivity contribution in [1.29, 1.82) is 0 Å². The molecule has 2 aromatic carbocycles. The molecule has 174 valence electrons. The summed E-state index contributed by atoms with van der Waals surface area (Å²) in [4.78, 5) is 19.7. The molecule has 0 fully saturated rings. The number of benzene rings is 2. The van der Waals surface area contributed by atoms with Crippen LogP contribution in [-0.4, -0.2) is 36.2 Å². The van der Waals surface area contributed by atoms with E-state index in [0.29, 0.717) is 18.1 Å². The van der Waals surface area contributed by atoms with Crippen molar-refractivity contribution < 1.29 is 14.3 Å². The summed E-state index contributed by atoms with van der Waals surface area (Å²) in [5, 5.41) is 1.05. The fraction of sp³-hybridized carbons (Fsp3) is 0.286. The Balaban J connectivity index is 1.94. The van der Waals surface area contributed by atoms with Gasteiger partial charge < -0.3 is 18.9 Å². The summed E-state index contributed by atoms with van der Waals surface area (Å²) < 4.78 is 14.9. The second-order valence-electron chi connectivity index (χ2n) is 8.70. The van der Waals surface area contributed by atoms with Gasteiger partial charge >= 0.3 is 5.97 Å². The van der Waals surface area contributed by atoms with Gasteiger partial charge in [0.1, 0.15) is 5.75 Å². The van der Waals surface area contributed by atoms with Crippen molar-refractivity contribution in [2.24, 2.45) is 0 Å². The average Bonchev–Trinajstić information content (AvgIpc) is 3.30. The number of fused-ring (bicyclic) bond motifs is 2. The summed E-state index contributed by atoms with van der Waals surface area (Å²) in [6.07, 6.45) is 1.64. The van der Waals surface area contributed by atoms with E-state index in [9.17, 15) is 4.79 Å². The molecule has 0 saturated carbocycles. The molecule has 1 atom stereocenters. The van der Waals surface area contributed by atoms with Gasteiger partial charge in [-0.25, -0.2) is 9.78 Å². The topological polar surface area (TPSA) is 56.6 Å². The Hall–Kier alpha value is -3.80. The number of rotatable bonds is 6. The number of aryl methyl sites for hydroxylation is 1. The van der Waals surface area contributed by atoms with Crippen LogP contribution in [0.1, 0.15) is 46.7 Å². The molecule has 6 heteroatoms. The van der Waals surface area contributed by atoms with Crippen LogP contribution in [0.4, 0.5) is 5.69 Å². The number of hydrogen-bond acceptors (Lipinski definition) is 5. The normalized spacial score (nSPS) is 17.0. The highest BCUT2D eigenvalue weighted by Gasteiger charge is 2.53. The highest BCUT2D eigenvalue weighted by atomic mass is 16.6. The van der Waals surface area contributed by atoms with Crippen molar-refractivity contribution >= 4 is 22.6 Å². The molecule has 0 radical (unpaired) electrons. The molecule has 0 aliphatic carbocycles. The largest absolute Gasteiger partial charge is 0.493 e. The maximum Gasteiger partial charge on any atom is 0.358 e. The minimum absolute atomic E-state index is 0.342. The lowest BCUT2D eigenvalue weighted by Crippen LogP contribution is -2.31. The van der Waals surface area contributed by atoms with E-state index in [2.05, 4.69) is 35.5 Å². The van der Waals surface area contributed by atoms with Crippen molar-refractivity contribution in [2.75, 3.05) is 25.6 Å². The molecule has 0 bridgehead atoms. The quantitative estimate of drug-likeness (QED) is 0.370. The maximum absolute atomic E-state index is 13.3. The summed E-state index contributed by atoms with van der Waals surface area (Å²) in [5.41, 5.74) is 4.80. The highest BCUT2D eigenvalue weighted by Crippen LogP contribution is 2.53. The minimum Gasteiger partial charge on any atom is -0.493 e. The third kappa shape index (κ3) is 3.01. The van der Waals surface area contributed by atoms with Crippen LogP contribution < -0.4 is 9.64 Å². The third-order valence-electron chi connectivity index (χ3n) is 6.69. The van der Waals surface area contributed by atoms with E-state index in [0.717, 1.165) is 45.5 Å². The molecule has 0 amide bonds. The molecule has 1 unspecified atom stereocenters. The van der Waals surface area contributed by atoms with E-state index in [4.69, 9.17) is 9.47 Å². The van der Waals surface area contributed by atoms with Gasteiger partial charge in [0.25, 0.3) is 0 Å². The SMILES string of the molecule is CCOc1cc(N(C)C)ccc1C1(c2c(C)n(CC)c3ccccc23)OC(=O)c2ncccc21. The number of nitrogens with zero attached hydrogens (tertiary/aromatic N) is 3. The van der Waals surface area contributed by atoms with Crippen LogP contribution in [0, 0.1) is 6.92 Å². The Morgan fingerprint density at radius 1 is 1.06 bits per heavy atom. The van der Waals surface area contributed by atoms with E-state index in [1.165, 1.54) is 0 Å². The fourth-order valence-electron chi connectivity index (χ4n) is 5.25. The van der Waals surface area contributed by atoms with E-state index in [-0.39, 0.29) is 0 Å². The zero-order chi connectivity index (χ0) is 24.0. The zero-order valence-electron chi connectivity index (χ0n) is 20.3. The van der Waals surface area contributed by atoms with Gasteiger partial charge in [-0.2, -0.15) is 0 Å². The number of cyclic esters (lactones) is 1. The number of carbonyl (C=O) groups excluding carboxylic acids is 1. The van der Waals surface area contributed by atoms with Crippen LogP contribution in [-0.2, 0) is 16.9 Å². The predicted molar refractivity (Wildman–Crippen MR) is 134 cm³/mol. The van der Waals surface area contributed by atoms with Gasteiger partial charge in [-0.3, -0.25) is 0 Å². The van der Waals surface area contributed by atoms with Crippen molar-refractivity contribution in [3.8, 4) is 5.75 Å². The van der Waals surface area contributed by atoms with Gasteiger partial charge in [0.2, 0.25) is 0 Å². The first-order valence-corrected chi connectivity index (χ1v) is 11.7. The van der Waals surface area contributed by atoms with Gasteiger partial charge in [-0.1, -0.05) is 24.3 Å². The van der Waals surface area contributed by atoms with Crippen LogP contribution in [0.5, 0.6) is 5.75 Å². The van der Waals surface area contributed by atoms with E-state index >= 15 is 0 Å². The number of hydrogen-bond donors (Lipinski definition) is 0. The summed E-state index contributed by atoms with van der Waals surface area (Å²) in [6, 6.07) is 18.2. The Bertz CT molecular complexity index is 1410. The summed E-state index contributed by atoms with van der Waals surface area (Å²) in [5.74, 6) is 0.258. The number of anilines is 1. The van der Waals surface area contributed by atoms with Crippen molar-refractivity contribution in [1.82, 2.24) is 9.55 Å². The number of aromatic nitrogens is 2. The minimum atomic E-state index is -1.18. The number of carbonyl (C=O) groups is 1. The van der Waals surface area contributed by atoms with Gasteiger partial charge in [0.15, 0.2) is 11.3 Å². The summed E-state index contributed by atoms with van der Waals surface area (Å²) >= 11 is 0. The van der Waals surface area contributed by atoms with Crippen LogP contribution >= 0.6 is 0 Å². The maximum atomic E-state index is 13.3. The van der Waals surface area contributed by atoms with Crippen LogP contribution in [0.3, 0.4) is 0 Å². The van der Waals surface area contributed by atoms with Gasteiger partial charge in [0, 0.05) is 71.9 Å². The average molecular weight is 456 g/mol. The second kappa shape index (κ2) is 8.20. The van der Waals surface area contributed by atoms with Gasteiger partial charge in [-0.05, 0) is 45.0 Å². The van der Waals surface area contributed by atoms with Gasteiger partial charge in [-0.15, -0.1) is 0 Å². The molecular formula is C28H29N3O3. The first-order chi connectivity index (χ1) is 16.4. The lowest BCUT2D eigenvalue weighted by molar-refractivity contribution is 0.0243. The predicted octanol–water partition coefficient (Wildman–Crippen LogP) is 5.29. The van der Waals surface area contributed by atoms with E-state index in [1.54, 1.807) is 6.20 Å². The molecule has 4 aromatic rings. The molecular weight excluding hydrogens is 426 g/mol.